The third kappa shape index (κ3) is 2.91. The highest BCUT2D eigenvalue weighted by Crippen LogP contribution is 2.18. The van der Waals surface area contributed by atoms with E-state index in [1.807, 2.05) is 0 Å². The monoisotopic (exact) mass is 237 g/mol. The maximum atomic E-state index is 11.8. The lowest BCUT2D eigenvalue weighted by Crippen LogP contribution is -2.45. The van der Waals surface area contributed by atoms with Crippen molar-refractivity contribution in [3.05, 3.63) is 28.4 Å². The Bertz CT molecular complexity index is 437. The van der Waals surface area contributed by atoms with E-state index in [9.17, 15) is 14.7 Å². The number of hydrogen-bond donors (Lipinski definition) is 3. The average molecular weight is 237 g/mol. The zero-order valence-corrected chi connectivity index (χ0v) is 9.35. The molecule has 3 N–H and O–H groups in total. The Morgan fingerprint density at radius 2 is 2.24 bits per heavy atom. The number of carbonyl (C=O) groups is 1. The van der Waals surface area contributed by atoms with E-state index in [0.29, 0.717) is 6.42 Å². The second-order valence-electron chi connectivity index (χ2n) is 4.23. The van der Waals surface area contributed by atoms with Gasteiger partial charge < -0.3 is 15.4 Å². The first-order valence-electron chi connectivity index (χ1n) is 5.70. The van der Waals surface area contributed by atoms with E-state index in [2.05, 4.69) is 15.3 Å². The second-order valence-corrected chi connectivity index (χ2v) is 4.23. The van der Waals surface area contributed by atoms with Gasteiger partial charge in [-0.2, -0.15) is 0 Å². The number of aliphatic hydroxyl groups is 1. The molecule has 0 radical (unpaired) electrons. The van der Waals surface area contributed by atoms with Crippen LogP contribution in [0.2, 0.25) is 0 Å². The Morgan fingerprint density at radius 3 is 2.88 bits per heavy atom. The fraction of sp³-hybridized carbons (Fsp3) is 0.545. The standard InChI is InChI=1S/C11H15N3O3/c15-9-4-2-1-3-7(9)14-11(17)8-5-13-10(16)6-12-8/h5-7,9,15H,1-4H2,(H,13,16)(H,14,17)/t7-,9-/m0/s1. The molecule has 1 fully saturated rings. The summed E-state index contributed by atoms with van der Waals surface area (Å²) in [5.74, 6) is -0.368. The van der Waals surface area contributed by atoms with Crippen LogP contribution in [0.15, 0.2) is 17.2 Å². The van der Waals surface area contributed by atoms with Crippen molar-refractivity contribution in [3.8, 4) is 0 Å². The van der Waals surface area contributed by atoms with Crippen molar-refractivity contribution in [2.75, 3.05) is 0 Å². The topological polar surface area (TPSA) is 95.1 Å². The minimum absolute atomic E-state index is 0.155. The van der Waals surface area contributed by atoms with Crippen LogP contribution in [-0.2, 0) is 0 Å². The maximum absolute atomic E-state index is 11.8. The van der Waals surface area contributed by atoms with E-state index in [1.165, 1.54) is 6.20 Å². The third-order valence-electron chi connectivity index (χ3n) is 2.95. The van der Waals surface area contributed by atoms with E-state index < -0.39 is 6.10 Å². The first-order valence-corrected chi connectivity index (χ1v) is 5.70. The summed E-state index contributed by atoms with van der Waals surface area (Å²) in [7, 11) is 0. The van der Waals surface area contributed by atoms with Crippen molar-refractivity contribution in [1.29, 1.82) is 0 Å². The Labute approximate surface area is 98.1 Å². The number of carbonyl (C=O) groups excluding carboxylic acids is 1. The van der Waals surface area contributed by atoms with Crippen LogP contribution in [0.25, 0.3) is 0 Å². The third-order valence-corrected chi connectivity index (χ3v) is 2.95. The van der Waals surface area contributed by atoms with Crippen LogP contribution in [-0.4, -0.2) is 33.1 Å². The number of aromatic amines is 1. The SMILES string of the molecule is O=C(N[C@H]1CCCC[C@@H]1O)c1c[nH]c(=O)cn1. The fourth-order valence-electron chi connectivity index (χ4n) is 1.99. The molecule has 0 aromatic carbocycles. The molecule has 1 heterocycles. The molecule has 2 rings (SSSR count). The van der Waals surface area contributed by atoms with Crippen molar-refractivity contribution >= 4 is 5.91 Å². The Morgan fingerprint density at radius 1 is 1.47 bits per heavy atom. The van der Waals surface area contributed by atoms with Crippen LogP contribution >= 0.6 is 0 Å². The van der Waals surface area contributed by atoms with Gasteiger partial charge in [0.05, 0.1) is 18.3 Å². The molecule has 1 amide bonds. The van der Waals surface area contributed by atoms with Gasteiger partial charge in [0, 0.05) is 6.20 Å². The van der Waals surface area contributed by atoms with Crippen LogP contribution in [0.4, 0.5) is 0 Å². The van der Waals surface area contributed by atoms with Gasteiger partial charge in [0.1, 0.15) is 5.69 Å². The minimum Gasteiger partial charge on any atom is -0.391 e. The highest BCUT2D eigenvalue weighted by atomic mass is 16.3. The van der Waals surface area contributed by atoms with Gasteiger partial charge in [-0.05, 0) is 12.8 Å². The number of nitrogens with one attached hydrogen (secondary N) is 2. The predicted octanol–water partition coefficient (Wildman–Crippen LogP) is -0.197. The first kappa shape index (κ1) is 11.8. The van der Waals surface area contributed by atoms with Crippen molar-refractivity contribution in [2.24, 2.45) is 0 Å². The fourth-order valence-corrected chi connectivity index (χ4v) is 1.99. The molecule has 0 spiro atoms. The number of nitrogens with zero attached hydrogens (tertiary/aromatic N) is 1. The number of rotatable bonds is 2. The summed E-state index contributed by atoms with van der Waals surface area (Å²) in [6.07, 6.45) is 5.32. The number of hydrogen-bond acceptors (Lipinski definition) is 4. The van der Waals surface area contributed by atoms with Crippen LogP contribution in [0.5, 0.6) is 0 Å². The second kappa shape index (κ2) is 5.09. The molecule has 1 saturated carbocycles. The Balaban J connectivity index is 2.01. The zero-order valence-electron chi connectivity index (χ0n) is 9.35. The minimum atomic E-state index is -0.490. The molecule has 0 aliphatic heterocycles. The molecule has 0 saturated heterocycles. The number of aliphatic hydroxyl groups excluding tert-OH is 1. The van der Waals surface area contributed by atoms with Gasteiger partial charge in [0.25, 0.3) is 11.5 Å². The van der Waals surface area contributed by atoms with Crippen molar-refractivity contribution in [2.45, 2.75) is 37.8 Å². The van der Waals surface area contributed by atoms with Crippen LogP contribution in [0.1, 0.15) is 36.2 Å². The summed E-state index contributed by atoms with van der Waals surface area (Å²) < 4.78 is 0. The maximum Gasteiger partial charge on any atom is 0.271 e. The quantitative estimate of drug-likeness (QED) is 0.664. The van der Waals surface area contributed by atoms with Crippen LogP contribution in [0, 0.1) is 0 Å². The summed E-state index contributed by atoms with van der Waals surface area (Å²) in [5.41, 5.74) is -0.193. The van der Waals surface area contributed by atoms with Crippen molar-refractivity contribution < 1.29 is 9.90 Å². The number of amides is 1. The molecule has 1 aliphatic rings. The molecule has 92 valence electrons. The van der Waals surface area contributed by atoms with E-state index in [1.54, 1.807) is 0 Å². The Kier molecular flexibility index (Phi) is 3.53. The highest BCUT2D eigenvalue weighted by Gasteiger charge is 2.25. The summed E-state index contributed by atoms with van der Waals surface area (Å²) in [5, 5.41) is 12.4. The lowest BCUT2D eigenvalue weighted by Gasteiger charge is -2.28. The van der Waals surface area contributed by atoms with E-state index >= 15 is 0 Å². The van der Waals surface area contributed by atoms with E-state index in [-0.39, 0.29) is 23.2 Å². The summed E-state index contributed by atoms with van der Waals surface area (Å²) >= 11 is 0. The van der Waals surface area contributed by atoms with Gasteiger partial charge in [-0.3, -0.25) is 9.59 Å². The van der Waals surface area contributed by atoms with Crippen molar-refractivity contribution in [3.63, 3.8) is 0 Å². The van der Waals surface area contributed by atoms with Crippen molar-refractivity contribution in [1.82, 2.24) is 15.3 Å². The van der Waals surface area contributed by atoms with Gasteiger partial charge in [0.15, 0.2) is 0 Å². The molecule has 6 heteroatoms. The largest absolute Gasteiger partial charge is 0.391 e. The van der Waals surface area contributed by atoms with Gasteiger partial charge >= 0.3 is 0 Å². The smallest absolute Gasteiger partial charge is 0.271 e. The molecule has 1 aromatic heterocycles. The van der Waals surface area contributed by atoms with Crippen LogP contribution < -0.4 is 10.9 Å². The van der Waals surface area contributed by atoms with Gasteiger partial charge in [-0.25, -0.2) is 4.98 Å². The molecule has 17 heavy (non-hydrogen) atoms. The molecule has 2 atom stereocenters. The molecule has 6 nitrogen and oxygen atoms in total. The van der Waals surface area contributed by atoms with Gasteiger partial charge in [0.2, 0.25) is 0 Å². The molecular weight excluding hydrogens is 222 g/mol. The zero-order chi connectivity index (χ0) is 12.3. The summed E-state index contributed by atoms with van der Waals surface area (Å²) in [4.78, 5) is 28.7. The Hall–Kier alpha value is -1.69. The molecule has 0 unspecified atom stereocenters. The molecule has 0 bridgehead atoms. The lowest BCUT2D eigenvalue weighted by molar-refractivity contribution is 0.0713. The lowest BCUT2D eigenvalue weighted by atomic mass is 9.92. The van der Waals surface area contributed by atoms with E-state index in [4.69, 9.17) is 0 Å². The van der Waals surface area contributed by atoms with Gasteiger partial charge in [-0.15, -0.1) is 0 Å². The van der Waals surface area contributed by atoms with E-state index in [0.717, 1.165) is 25.5 Å². The number of H-pyrrole nitrogens is 1. The predicted molar refractivity (Wildman–Crippen MR) is 60.6 cm³/mol. The molecule has 1 aromatic rings. The molecule has 1 aliphatic carbocycles. The number of aromatic nitrogens is 2. The van der Waals surface area contributed by atoms with Gasteiger partial charge in [-0.1, -0.05) is 12.8 Å². The molecular formula is C11H15N3O3. The van der Waals surface area contributed by atoms with Crippen LogP contribution in [0.3, 0.4) is 0 Å². The summed E-state index contributed by atoms with van der Waals surface area (Å²) in [6, 6.07) is -0.218. The highest BCUT2D eigenvalue weighted by molar-refractivity contribution is 5.92. The summed E-state index contributed by atoms with van der Waals surface area (Å²) in [6.45, 7) is 0. The normalized spacial score (nSPS) is 24.3. The first-order chi connectivity index (χ1) is 8.16. The average Bonchev–Trinajstić information content (AvgIpc) is 2.33.